The van der Waals surface area contributed by atoms with Crippen LogP contribution in [-0.4, -0.2) is 11.0 Å². The van der Waals surface area contributed by atoms with E-state index in [0.717, 1.165) is 12.0 Å². The van der Waals surface area contributed by atoms with Crippen molar-refractivity contribution in [3.63, 3.8) is 0 Å². The van der Waals surface area contributed by atoms with Gasteiger partial charge in [0.1, 0.15) is 0 Å². The highest BCUT2D eigenvalue weighted by atomic mass is 79.9. The van der Waals surface area contributed by atoms with Crippen molar-refractivity contribution in [3.8, 4) is 0 Å². The van der Waals surface area contributed by atoms with Crippen LogP contribution in [0.5, 0.6) is 0 Å². The Morgan fingerprint density at radius 1 is 1.10 bits per heavy atom. The van der Waals surface area contributed by atoms with Crippen LogP contribution in [0.1, 0.15) is 11.1 Å². The fourth-order valence-electron chi connectivity index (χ4n) is 2.14. The average molecular weight is 335 g/mol. The van der Waals surface area contributed by atoms with Gasteiger partial charge in [0.2, 0.25) is 0 Å². The highest BCUT2D eigenvalue weighted by Crippen LogP contribution is 2.29. The summed E-state index contributed by atoms with van der Waals surface area (Å²) in [6.45, 7) is 0. The van der Waals surface area contributed by atoms with Crippen molar-refractivity contribution in [1.82, 2.24) is 0 Å². The molecule has 1 unspecified atom stereocenters. The molecule has 104 valence electrons. The first-order chi connectivity index (χ1) is 9.58. The van der Waals surface area contributed by atoms with E-state index in [1.807, 2.05) is 36.4 Å². The number of benzene rings is 2. The normalized spacial score (nSPS) is 12.1. The largest absolute Gasteiger partial charge is 0.327 e. The second-order valence-electron chi connectivity index (χ2n) is 4.66. The predicted octanol–water partition coefficient (Wildman–Crippen LogP) is 3.47. The van der Waals surface area contributed by atoms with Gasteiger partial charge in [-0.15, -0.1) is 0 Å². The number of hydrogen-bond acceptors (Lipinski definition) is 3. The van der Waals surface area contributed by atoms with Crippen LogP contribution in [0.25, 0.3) is 0 Å². The lowest BCUT2D eigenvalue weighted by atomic mass is 9.99. The lowest BCUT2D eigenvalue weighted by molar-refractivity contribution is -0.385. The van der Waals surface area contributed by atoms with Gasteiger partial charge in [0.05, 0.1) is 9.40 Å². The van der Waals surface area contributed by atoms with Crippen molar-refractivity contribution in [3.05, 3.63) is 74.2 Å². The Morgan fingerprint density at radius 3 is 2.45 bits per heavy atom. The molecule has 20 heavy (non-hydrogen) atoms. The molecule has 4 nitrogen and oxygen atoms in total. The van der Waals surface area contributed by atoms with E-state index in [9.17, 15) is 10.1 Å². The van der Waals surface area contributed by atoms with Gasteiger partial charge in [-0.2, -0.15) is 0 Å². The number of hydrogen-bond donors (Lipinski definition) is 1. The van der Waals surface area contributed by atoms with Crippen molar-refractivity contribution in [2.45, 2.75) is 18.9 Å². The summed E-state index contributed by atoms with van der Waals surface area (Å²) in [5, 5.41) is 10.9. The predicted molar refractivity (Wildman–Crippen MR) is 82.6 cm³/mol. The second-order valence-corrected chi connectivity index (χ2v) is 5.45. The molecular weight excluding hydrogens is 320 g/mol. The van der Waals surface area contributed by atoms with E-state index < -0.39 is 4.92 Å². The Kier molecular flexibility index (Phi) is 4.87. The third-order valence-corrected chi connectivity index (χ3v) is 3.99. The molecule has 0 heterocycles. The van der Waals surface area contributed by atoms with Gasteiger partial charge in [-0.05, 0) is 39.9 Å². The van der Waals surface area contributed by atoms with Crippen molar-refractivity contribution < 1.29 is 4.92 Å². The van der Waals surface area contributed by atoms with E-state index in [1.165, 1.54) is 11.6 Å². The Hall–Kier alpha value is -1.72. The zero-order chi connectivity index (χ0) is 14.5. The molecule has 0 spiro atoms. The molecule has 0 saturated carbocycles. The number of halogens is 1. The maximum absolute atomic E-state index is 10.9. The van der Waals surface area contributed by atoms with Gasteiger partial charge >= 0.3 is 0 Å². The topological polar surface area (TPSA) is 69.2 Å². The minimum Gasteiger partial charge on any atom is -0.327 e. The number of rotatable bonds is 5. The molecule has 0 radical (unpaired) electrons. The zero-order valence-electron chi connectivity index (χ0n) is 10.8. The highest BCUT2D eigenvalue weighted by Gasteiger charge is 2.16. The van der Waals surface area contributed by atoms with Crippen LogP contribution in [0, 0.1) is 10.1 Å². The lowest BCUT2D eigenvalue weighted by Crippen LogP contribution is -2.25. The molecule has 2 aromatic rings. The molecule has 5 heteroatoms. The minimum absolute atomic E-state index is 0.0734. The third-order valence-electron chi connectivity index (χ3n) is 3.08. The van der Waals surface area contributed by atoms with Crippen molar-refractivity contribution in [1.29, 1.82) is 0 Å². The smallest absolute Gasteiger partial charge is 0.283 e. The SMILES string of the molecule is NC(Cc1ccccc1)Cc1cccc([N+](=O)[O-])c1Br. The Balaban J connectivity index is 2.10. The van der Waals surface area contributed by atoms with E-state index in [2.05, 4.69) is 15.9 Å². The number of nitrogens with zero attached hydrogens (tertiary/aromatic N) is 1. The van der Waals surface area contributed by atoms with Crippen molar-refractivity contribution >= 4 is 21.6 Å². The molecule has 0 fully saturated rings. The summed E-state index contributed by atoms with van der Waals surface area (Å²) in [4.78, 5) is 10.5. The standard InChI is InChI=1S/C15H15BrN2O2/c16-15-12(7-4-8-14(15)18(19)20)10-13(17)9-11-5-2-1-3-6-11/h1-8,13H,9-10,17H2. The third kappa shape index (κ3) is 3.65. The molecule has 0 aliphatic carbocycles. The summed E-state index contributed by atoms with van der Waals surface area (Å²) in [5.74, 6) is 0. The number of nitro groups is 1. The van der Waals surface area contributed by atoms with Gasteiger partial charge in [-0.1, -0.05) is 42.5 Å². The summed E-state index contributed by atoms with van der Waals surface area (Å²) < 4.78 is 0.522. The molecule has 0 aliphatic heterocycles. The number of nitro benzene ring substituents is 1. The van der Waals surface area contributed by atoms with Crippen LogP contribution < -0.4 is 5.73 Å². The summed E-state index contributed by atoms with van der Waals surface area (Å²) in [6.07, 6.45) is 1.34. The molecule has 0 aromatic heterocycles. The van der Waals surface area contributed by atoms with Crippen molar-refractivity contribution in [2.75, 3.05) is 0 Å². The summed E-state index contributed by atoms with van der Waals surface area (Å²) in [7, 11) is 0. The van der Waals surface area contributed by atoms with E-state index >= 15 is 0 Å². The molecule has 2 N–H and O–H groups in total. The fourth-order valence-corrected chi connectivity index (χ4v) is 2.71. The molecule has 0 saturated heterocycles. The average Bonchev–Trinajstić information content (AvgIpc) is 2.42. The van der Waals surface area contributed by atoms with Gasteiger partial charge in [-0.3, -0.25) is 10.1 Å². The molecule has 2 aromatic carbocycles. The molecule has 1 atom stereocenters. The van der Waals surface area contributed by atoms with E-state index in [1.54, 1.807) is 6.07 Å². The summed E-state index contributed by atoms with van der Waals surface area (Å²) >= 11 is 3.30. The molecule has 0 amide bonds. The van der Waals surface area contributed by atoms with Gasteiger partial charge in [0.15, 0.2) is 0 Å². The zero-order valence-corrected chi connectivity index (χ0v) is 12.4. The monoisotopic (exact) mass is 334 g/mol. The summed E-state index contributed by atoms with van der Waals surface area (Å²) in [5.41, 5.74) is 8.25. The maximum atomic E-state index is 10.9. The van der Waals surface area contributed by atoms with Crippen molar-refractivity contribution in [2.24, 2.45) is 5.73 Å². The van der Waals surface area contributed by atoms with Crippen LogP contribution in [0.2, 0.25) is 0 Å². The quantitative estimate of drug-likeness (QED) is 0.672. The number of nitrogens with two attached hydrogens (primary N) is 1. The van der Waals surface area contributed by atoms with E-state index in [0.29, 0.717) is 10.9 Å². The van der Waals surface area contributed by atoms with Gasteiger partial charge in [0.25, 0.3) is 5.69 Å². The minimum atomic E-state index is -0.393. The second kappa shape index (κ2) is 6.63. The Labute approximate surface area is 125 Å². The Morgan fingerprint density at radius 2 is 1.80 bits per heavy atom. The lowest BCUT2D eigenvalue weighted by Gasteiger charge is -2.13. The van der Waals surface area contributed by atoms with Gasteiger partial charge in [-0.25, -0.2) is 0 Å². The Bertz CT molecular complexity index is 602. The molecule has 0 bridgehead atoms. The van der Waals surface area contributed by atoms with E-state index in [4.69, 9.17) is 5.73 Å². The first-order valence-corrected chi connectivity index (χ1v) is 7.08. The van der Waals surface area contributed by atoms with Crippen LogP contribution in [0.15, 0.2) is 53.0 Å². The van der Waals surface area contributed by atoms with Crippen LogP contribution in [0.3, 0.4) is 0 Å². The first-order valence-electron chi connectivity index (χ1n) is 6.29. The molecule has 2 rings (SSSR count). The van der Waals surface area contributed by atoms with Crippen LogP contribution in [-0.2, 0) is 12.8 Å². The first kappa shape index (κ1) is 14.7. The van der Waals surface area contributed by atoms with Crippen LogP contribution in [0.4, 0.5) is 5.69 Å². The molecule has 0 aliphatic rings. The van der Waals surface area contributed by atoms with Gasteiger partial charge < -0.3 is 5.73 Å². The highest BCUT2D eigenvalue weighted by molar-refractivity contribution is 9.10. The fraction of sp³-hybridized carbons (Fsp3) is 0.200. The maximum Gasteiger partial charge on any atom is 0.283 e. The van der Waals surface area contributed by atoms with Gasteiger partial charge in [0, 0.05) is 12.1 Å². The molecular formula is C15H15BrN2O2. The van der Waals surface area contributed by atoms with E-state index in [-0.39, 0.29) is 11.7 Å². The van der Waals surface area contributed by atoms with Crippen LogP contribution >= 0.6 is 15.9 Å². The summed E-state index contributed by atoms with van der Waals surface area (Å²) in [6, 6.07) is 14.9.